The summed E-state index contributed by atoms with van der Waals surface area (Å²) in [5, 5.41) is 12.1. The van der Waals surface area contributed by atoms with Crippen molar-refractivity contribution in [3.8, 4) is 0 Å². The number of halogens is 1. The highest BCUT2D eigenvalue weighted by Gasteiger charge is 2.36. The summed E-state index contributed by atoms with van der Waals surface area (Å²) in [6.45, 7) is 0. The van der Waals surface area contributed by atoms with Crippen molar-refractivity contribution >= 4 is 29.3 Å². The van der Waals surface area contributed by atoms with Crippen LogP contribution in [0.3, 0.4) is 0 Å². The van der Waals surface area contributed by atoms with E-state index in [1.54, 1.807) is 18.2 Å². The van der Waals surface area contributed by atoms with Crippen LogP contribution >= 0.6 is 11.6 Å². The second-order valence-corrected chi connectivity index (χ2v) is 6.09. The summed E-state index contributed by atoms with van der Waals surface area (Å²) >= 11 is 5.78. The van der Waals surface area contributed by atoms with Crippen LogP contribution in [-0.2, 0) is 9.59 Å². The van der Waals surface area contributed by atoms with Gasteiger partial charge in [0.25, 0.3) is 0 Å². The summed E-state index contributed by atoms with van der Waals surface area (Å²) in [7, 11) is 0. The molecule has 1 heterocycles. The van der Waals surface area contributed by atoms with Crippen LogP contribution in [0.2, 0.25) is 5.15 Å². The summed E-state index contributed by atoms with van der Waals surface area (Å²) in [5.41, 5.74) is -0.424. The van der Waals surface area contributed by atoms with Crippen LogP contribution in [0, 0.1) is 5.41 Å². The number of carbonyl (C=O) groups is 2. The van der Waals surface area contributed by atoms with Crippen molar-refractivity contribution in [3.63, 3.8) is 0 Å². The number of nitrogens with one attached hydrogen (secondary N) is 1. The van der Waals surface area contributed by atoms with Gasteiger partial charge in [0, 0.05) is 6.42 Å². The van der Waals surface area contributed by atoms with E-state index >= 15 is 0 Å². The van der Waals surface area contributed by atoms with Crippen LogP contribution in [0.15, 0.2) is 18.2 Å². The van der Waals surface area contributed by atoms with Gasteiger partial charge in [0.1, 0.15) is 11.0 Å². The lowest BCUT2D eigenvalue weighted by Crippen LogP contribution is -2.32. The Morgan fingerprint density at radius 2 is 1.95 bits per heavy atom. The Bertz CT molecular complexity index is 527. The molecule has 0 saturated heterocycles. The largest absolute Gasteiger partial charge is 0.481 e. The first kappa shape index (κ1) is 15.8. The lowest BCUT2D eigenvalue weighted by molar-refractivity contribution is -0.140. The number of nitrogens with zero attached hydrogens (tertiary/aromatic N) is 1. The van der Waals surface area contributed by atoms with Crippen LogP contribution in [0.25, 0.3) is 0 Å². The van der Waals surface area contributed by atoms with Gasteiger partial charge in [0.15, 0.2) is 0 Å². The Morgan fingerprint density at radius 3 is 2.57 bits per heavy atom. The maximum atomic E-state index is 12.2. The van der Waals surface area contributed by atoms with Gasteiger partial charge < -0.3 is 10.4 Å². The first-order valence-corrected chi connectivity index (χ1v) is 7.51. The van der Waals surface area contributed by atoms with Gasteiger partial charge in [0.05, 0.1) is 6.42 Å². The molecule has 0 aromatic carbocycles. The molecule has 114 valence electrons. The van der Waals surface area contributed by atoms with E-state index in [2.05, 4.69) is 10.3 Å². The van der Waals surface area contributed by atoms with Crippen molar-refractivity contribution < 1.29 is 14.7 Å². The normalized spacial score (nSPS) is 17.2. The van der Waals surface area contributed by atoms with Gasteiger partial charge in [-0.3, -0.25) is 9.59 Å². The van der Waals surface area contributed by atoms with Gasteiger partial charge in [-0.1, -0.05) is 36.9 Å². The van der Waals surface area contributed by atoms with Crippen molar-refractivity contribution in [2.75, 3.05) is 5.32 Å². The molecule has 1 aliphatic carbocycles. The smallest absolute Gasteiger partial charge is 0.303 e. The highest BCUT2D eigenvalue weighted by atomic mass is 35.5. The number of amides is 1. The molecule has 6 heteroatoms. The standard InChI is InChI=1S/C15H19ClN2O3/c16-11-5-4-6-12(17-11)18-13(19)9-15(10-14(20)21)7-2-1-3-8-15/h4-6H,1-3,7-10H2,(H,20,21)(H,17,18,19). The Labute approximate surface area is 128 Å². The molecular weight excluding hydrogens is 292 g/mol. The van der Waals surface area contributed by atoms with E-state index < -0.39 is 11.4 Å². The number of aliphatic carboxylic acids is 1. The number of hydrogen-bond donors (Lipinski definition) is 2. The average molecular weight is 311 g/mol. The summed E-state index contributed by atoms with van der Waals surface area (Å²) in [4.78, 5) is 27.3. The lowest BCUT2D eigenvalue weighted by atomic mass is 9.69. The zero-order valence-electron chi connectivity index (χ0n) is 11.8. The fourth-order valence-electron chi connectivity index (χ4n) is 3.04. The van der Waals surface area contributed by atoms with Crippen LogP contribution in [0.4, 0.5) is 5.82 Å². The highest BCUT2D eigenvalue weighted by molar-refractivity contribution is 6.29. The highest BCUT2D eigenvalue weighted by Crippen LogP contribution is 2.42. The molecule has 1 amide bonds. The molecule has 0 atom stereocenters. The zero-order valence-corrected chi connectivity index (χ0v) is 12.5. The van der Waals surface area contributed by atoms with Crippen LogP contribution < -0.4 is 5.32 Å². The molecule has 1 aromatic rings. The molecule has 0 spiro atoms. The molecule has 1 aromatic heterocycles. The third-order valence-electron chi connectivity index (χ3n) is 3.96. The predicted molar refractivity (Wildman–Crippen MR) is 80.3 cm³/mol. The third-order valence-corrected chi connectivity index (χ3v) is 4.17. The predicted octanol–water partition coefficient (Wildman–Crippen LogP) is 3.49. The summed E-state index contributed by atoms with van der Waals surface area (Å²) in [6.07, 6.45) is 4.91. The van der Waals surface area contributed by atoms with Gasteiger partial charge in [-0.05, 0) is 30.4 Å². The second kappa shape index (κ2) is 6.89. The van der Waals surface area contributed by atoms with Crippen molar-refractivity contribution in [1.29, 1.82) is 0 Å². The molecule has 1 fully saturated rings. The fraction of sp³-hybridized carbons (Fsp3) is 0.533. The number of carbonyl (C=O) groups excluding carboxylic acids is 1. The lowest BCUT2D eigenvalue weighted by Gasteiger charge is -2.35. The number of carboxylic acid groups (broad SMARTS) is 1. The topological polar surface area (TPSA) is 79.3 Å². The monoisotopic (exact) mass is 310 g/mol. The van der Waals surface area contributed by atoms with Gasteiger partial charge >= 0.3 is 5.97 Å². The van der Waals surface area contributed by atoms with Crippen molar-refractivity contribution in [3.05, 3.63) is 23.4 Å². The van der Waals surface area contributed by atoms with Gasteiger partial charge in [0.2, 0.25) is 5.91 Å². The van der Waals surface area contributed by atoms with Gasteiger partial charge in [-0.2, -0.15) is 0 Å². The van der Waals surface area contributed by atoms with Crippen molar-refractivity contribution in [1.82, 2.24) is 4.98 Å². The fourth-order valence-corrected chi connectivity index (χ4v) is 3.21. The quantitative estimate of drug-likeness (QED) is 0.816. The first-order chi connectivity index (χ1) is 9.99. The zero-order chi connectivity index (χ0) is 15.3. The van der Waals surface area contributed by atoms with E-state index in [-0.39, 0.29) is 18.7 Å². The van der Waals surface area contributed by atoms with E-state index in [4.69, 9.17) is 16.7 Å². The molecule has 0 bridgehead atoms. The summed E-state index contributed by atoms with van der Waals surface area (Å²) < 4.78 is 0. The Kier molecular flexibility index (Phi) is 5.17. The Morgan fingerprint density at radius 1 is 1.24 bits per heavy atom. The molecule has 5 nitrogen and oxygen atoms in total. The number of hydrogen-bond acceptors (Lipinski definition) is 3. The Balaban J connectivity index is 2.02. The number of aromatic nitrogens is 1. The van der Waals surface area contributed by atoms with E-state index in [9.17, 15) is 9.59 Å². The third kappa shape index (κ3) is 4.70. The molecule has 1 saturated carbocycles. The molecule has 0 radical (unpaired) electrons. The number of anilines is 1. The molecular formula is C15H19ClN2O3. The number of carboxylic acids is 1. The molecule has 0 unspecified atom stereocenters. The maximum Gasteiger partial charge on any atom is 0.303 e. The molecule has 1 aliphatic rings. The minimum absolute atomic E-state index is 0.0450. The van der Waals surface area contributed by atoms with E-state index in [1.165, 1.54) is 0 Å². The molecule has 0 aliphatic heterocycles. The number of pyridine rings is 1. The number of rotatable bonds is 5. The van der Waals surface area contributed by atoms with Crippen molar-refractivity contribution in [2.24, 2.45) is 5.41 Å². The second-order valence-electron chi connectivity index (χ2n) is 5.70. The van der Waals surface area contributed by atoms with Crippen LogP contribution in [0.5, 0.6) is 0 Å². The van der Waals surface area contributed by atoms with E-state index in [1.807, 2.05) is 0 Å². The van der Waals surface area contributed by atoms with Gasteiger partial charge in [-0.15, -0.1) is 0 Å². The SMILES string of the molecule is O=C(O)CC1(CC(=O)Nc2cccc(Cl)n2)CCCCC1. The molecule has 21 heavy (non-hydrogen) atoms. The van der Waals surface area contributed by atoms with Crippen LogP contribution in [-0.4, -0.2) is 22.0 Å². The minimum atomic E-state index is -0.842. The molecule has 2 rings (SSSR count). The summed E-state index contributed by atoms with van der Waals surface area (Å²) in [6, 6.07) is 5.00. The van der Waals surface area contributed by atoms with E-state index in [0.717, 1.165) is 32.1 Å². The average Bonchev–Trinajstić information content (AvgIpc) is 2.38. The van der Waals surface area contributed by atoms with E-state index in [0.29, 0.717) is 11.0 Å². The molecule has 2 N–H and O–H groups in total. The van der Waals surface area contributed by atoms with Crippen LogP contribution in [0.1, 0.15) is 44.9 Å². The first-order valence-electron chi connectivity index (χ1n) is 7.13. The van der Waals surface area contributed by atoms with Crippen molar-refractivity contribution in [2.45, 2.75) is 44.9 Å². The minimum Gasteiger partial charge on any atom is -0.481 e. The Hall–Kier alpha value is -1.62. The maximum absolute atomic E-state index is 12.2. The van der Waals surface area contributed by atoms with Gasteiger partial charge in [-0.25, -0.2) is 4.98 Å². The summed E-state index contributed by atoms with van der Waals surface area (Å²) in [5.74, 6) is -0.646.